The lowest BCUT2D eigenvalue weighted by atomic mass is 10.1. The van der Waals surface area contributed by atoms with Crippen molar-refractivity contribution in [1.29, 1.82) is 0 Å². The van der Waals surface area contributed by atoms with Gasteiger partial charge in [0.15, 0.2) is 12.2 Å². The lowest BCUT2D eigenvalue weighted by Gasteiger charge is -2.10. The van der Waals surface area contributed by atoms with Crippen LogP contribution >= 0.6 is 0 Å². The van der Waals surface area contributed by atoms with Crippen LogP contribution in [0.25, 0.3) is 11.3 Å². The van der Waals surface area contributed by atoms with E-state index in [1.165, 1.54) is 12.0 Å². The first-order chi connectivity index (χ1) is 12.4. The molecule has 0 amide bonds. The van der Waals surface area contributed by atoms with Crippen LogP contribution in [0.3, 0.4) is 0 Å². The van der Waals surface area contributed by atoms with Crippen molar-refractivity contribution in [3.05, 3.63) is 60.4 Å². The maximum absolute atomic E-state index is 5.59. The molecule has 1 aliphatic rings. The molecular weight excluding hydrogens is 316 g/mol. The predicted molar refractivity (Wildman–Crippen MR) is 94.2 cm³/mol. The molecule has 0 bridgehead atoms. The Morgan fingerprint density at radius 2 is 1.92 bits per heavy atom. The van der Waals surface area contributed by atoms with Gasteiger partial charge in [-0.1, -0.05) is 30.3 Å². The first kappa shape index (κ1) is 15.8. The van der Waals surface area contributed by atoms with Crippen molar-refractivity contribution in [3.63, 3.8) is 0 Å². The second kappa shape index (κ2) is 7.44. The van der Waals surface area contributed by atoms with Gasteiger partial charge in [-0.3, -0.25) is 0 Å². The summed E-state index contributed by atoms with van der Waals surface area (Å²) in [5, 5.41) is 3.22. The lowest BCUT2D eigenvalue weighted by Crippen LogP contribution is -2.19. The van der Waals surface area contributed by atoms with Gasteiger partial charge < -0.3 is 14.5 Å². The van der Waals surface area contributed by atoms with Gasteiger partial charge in [-0.2, -0.15) is 0 Å². The van der Waals surface area contributed by atoms with Gasteiger partial charge in [0.25, 0.3) is 0 Å². The first-order valence-corrected chi connectivity index (χ1v) is 8.52. The van der Waals surface area contributed by atoms with E-state index in [-0.39, 0.29) is 6.10 Å². The summed E-state index contributed by atoms with van der Waals surface area (Å²) in [4.78, 5) is 13.1. The van der Waals surface area contributed by atoms with Crippen LogP contribution in [0.4, 0.5) is 5.95 Å². The molecule has 0 aliphatic carbocycles. The van der Waals surface area contributed by atoms with E-state index in [9.17, 15) is 0 Å². The maximum atomic E-state index is 5.59. The molecule has 0 spiro atoms. The Balaban J connectivity index is 1.44. The van der Waals surface area contributed by atoms with Crippen LogP contribution in [0.2, 0.25) is 0 Å². The van der Waals surface area contributed by atoms with Crippen LogP contribution in [0.5, 0.6) is 0 Å². The Hall–Kier alpha value is -2.73. The van der Waals surface area contributed by atoms with E-state index in [2.05, 4.69) is 32.4 Å². The molecule has 1 unspecified atom stereocenters. The van der Waals surface area contributed by atoms with Crippen molar-refractivity contribution >= 4 is 5.95 Å². The lowest BCUT2D eigenvalue weighted by molar-refractivity contribution is 0.120. The summed E-state index contributed by atoms with van der Waals surface area (Å²) in [6.45, 7) is 1.59. The number of hydrogen-bond donors (Lipinski definition) is 1. The average Bonchev–Trinajstić information content (AvgIpc) is 3.33. The van der Waals surface area contributed by atoms with Gasteiger partial charge in [0.2, 0.25) is 5.95 Å². The Bertz CT molecular complexity index is 796. The molecule has 6 nitrogen and oxygen atoms in total. The van der Waals surface area contributed by atoms with E-state index in [0.717, 1.165) is 43.0 Å². The molecule has 128 valence electrons. The third-order valence-corrected chi connectivity index (χ3v) is 4.28. The van der Waals surface area contributed by atoms with Crippen LogP contribution in [-0.2, 0) is 11.2 Å². The van der Waals surface area contributed by atoms with Gasteiger partial charge in [-0.05, 0) is 18.4 Å². The fourth-order valence-corrected chi connectivity index (χ4v) is 2.97. The van der Waals surface area contributed by atoms with E-state index < -0.39 is 0 Å². The van der Waals surface area contributed by atoms with E-state index in [1.807, 2.05) is 18.2 Å². The molecule has 2 aromatic heterocycles. The summed E-state index contributed by atoms with van der Waals surface area (Å²) in [6.07, 6.45) is 8.19. The number of rotatable bonds is 6. The number of anilines is 1. The molecule has 1 saturated heterocycles. The zero-order chi connectivity index (χ0) is 16.9. The van der Waals surface area contributed by atoms with Crippen molar-refractivity contribution in [1.82, 2.24) is 15.0 Å². The number of hydrogen-bond acceptors (Lipinski definition) is 6. The van der Waals surface area contributed by atoms with E-state index >= 15 is 0 Å². The fourth-order valence-electron chi connectivity index (χ4n) is 2.97. The minimum absolute atomic E-state index is 0.259. The van der Waals surface area contributed by atoms with Crippen LogP contribution in [0.1, 0.15) is 24.1 Å². The second-order valence-electron chi connectivity index (χ2n) is 6.10. The van der Waals surface area contributed by atoms with Crippen molar-refractivity contribution in [2.75, 3.05) is 18.5 Å². The highest BCUT2D eigenvalue weighted by Crippen LogP contribution is 2.24. The first-order valence-electron chi connectivity index (χ1n) is 8.52. The Kier molecular flexibility index (Phi) is 4.70. The molecule has 0 saturated carbocycles. The molecule has 0 radical (unpaired) electrons. The number of aromatic nitrogens is 3. The molecule has 6 heteroatoms. The standard InChI is InChI=1S/C19H20N4O2/c1-2-5-14(6-3-1)9-17-18(25-13-23-17)15-10-20-19(21-11-15)22-12-16-7-4-8-24-16/h1-3,5-6,10-11,13,16H,4,7-9,12H2,(H,20,21,22). The SMILES string of the molecule is c1ccc(Cc2ncoc2-c2cnc(NCC3CCCO3)nc2)cc1. The molecule has 25 heavy (non-hydrogen) atoms. The highest BCUT2D eigenvalue weighted by Gasteiger charge is 2.16. The van der Waals surface area contributed by atoms with Gasteiger partial charge in [0.1, 0.15) is 0 Å². The summed E-state index contributed by atoms with van der Waals surface area (Å²) in [7, 11) is 0. The third kappa shape index (κ3) is 3.85. The summed E-state index contributed by atoms with van der Waals surface area (Å²) < 4.78 is 11.2. The van der Waals surface area contributed by atoms with E-state index in [1.54, 1.807) is 12.4 Å². The number of nitrogens with one attached hydrogen (secondary N) is 1. The molecule has 1 fully saturated rings. The number of ether oxygens (including phenoxy) is 1. The molecule has 3 aromatic rings. The minimum atomic E-state index is 0.259. The smallest absolute Gasteiger partial charge is 0.222 e. The van der Waals surface area contributed by atoms with Gasteiger partial charge in [-0.15, -0.1) is 0 Å². The van der Waals surface area contributed by atoms with Crippen LogP contribution in [0.15, 0.2) is 53.5 Å². The van der Waals surface area contributed by atoms with E-state index in [4.69, 9.17) is 9.15 Å². The number of nitrogens with zero attached hydrogens (tertiary/aromatic N) is 3. The fraction of sp³-hybridized carbons (Fsp3) is 0.316. The Labute approximate surface area is 146 Å². The molecular formula is C19H20N4O2. The largest absolute Gasteiger partial charge is 0.443 e. The Morgan fingerprint density at radius 1 is 1.08 bits per heavy atom. The predicted octanol–water partition coefficient (Wildman–Crippen LogP) is 3.31. The van der Waals surface area contributed by atoms with E-state index in [0.29, 0.717) is 12.4 Å². The van der Waals surface area contributed by atoms with Crippen molar-refractivity contribution in [2.24, 2.45) is 0 Å². The van der Waals surface area contributed by atoms with Crippen LogP contribution in [0, 0.1) is 0 Å². The van der Waals surface area contributed by atoms with Gasteiger partial charge in [-0.25, -0.2) is 15.0 Å². The minimum Gasteiger partial charge on any atom is -0.443 e. The highest BCUT2D eigenvalue weighted by molar-refractivity contribution is 5.58. The molecule has 1 aliphatic heterocycles. The highest BCUT2D eigenvalue weighted by atomic mass is 16.5. The summed E-state index contributed by atoms with van der Waals surface area (Å²) >= 11 is 0. The summed E-state index contributed by atoms with van der Waals surface area (Å²) in [5.74, 6) is 1.32. The zero-order valence-electron chi connectivity index (χ0n) is 13.9. The average molecular weight is 336 g/mol. The quantitative estimate of drug-likeness (QED) is 0.744. The van der Waals surface area contributed by atoms with Gasteiger partial charge in [0.05, 0.1) is 17.4 Å². The topological polar surface area (TPSA) is 73.1 Å². The number of oxazole rings is 1. The summed E-state index contributed by atoms with van der Waals surface area (Å²) in [6, 6.07) is 10.2. The monoisotopic (exact) mass is 336 g/mol. The second-order valence-corrected chi connectivity index (χ2v) is 6.10. The number of benzene rings is 1. The zero-order valence-corrected chi connectivity index (χ0v) is 13.9. The third-order valence-electron chi connectivity index (χ3n) is 4.28. The van der Waals surface area contributed by atoms with Gasteiger partial charge >= 0.3 is 0 Å². The summed E-state index contributed by atoms with van der Waals surface area (Å²) in [5.41, 5.74) is 2.90. The molecule has 4 rings (SSSR count). The van der Waals surface area contributed by atoms with Crippen LogP contribution < -0.4 is 5.32 Å². The molecule has 1 atom stereocenters. The Morgan fingerprint density at radius 3 is 2.68 bits per heavy atom. The van der Waals surface area contributed by atoms with Crippen molar-refractivity contribution in [3.8, 4) is 11.3 Å². The maximum Gasteiger partial charge on any atom is 0.222 e. The van der Waals surface area contributed by atoms with Crippen molar-refractivity contribution < 1.29 is 9.15 Å². The molecule has 1 aromatic carbocycles. The molecule has 3 heterocycles. The van der Waals surface area contributed by atoms with Gasteiger partial charge in [0, 0.05) is 32.0 Å². The normalized spacial score (nSPS) is 16.9. The van der Waals surface area contributed by atoms with Crippen molar-refractivity contribution in [2.45, 2.75) is 25.4 Å². The molecule has 1 N–H and O–H groups in total. The van der Waals surface area contributed by atoms with Crippen LogP contribution in [-0.4, -0.2) is 34.2 Å².